The maximum atomic E-state index is 12.5. The van der Waals surface area contributed by atoms with E-state index in [9.17, 15) is 13.2 Å². The maximum absolute atomic E-state index is 12.5. The van der Waals surface area contributed by atoms with Crippen molar-refractivity contribution in [3.8, 4) is 5.75 Å². The molecule has 2 N–H and O–H groups in total. The quantitative estimate of drug-likeness (QED) is 0.882. The molecule has 1 aromatic carbocycles. The monoisotopic (exact) mass is 333 g/mol. The topological polar surface area (TPSA) is 97.4 Å². The molecule has 23 heavy (non-hydrogen) atoms. The molecular weight excluding hydrogens is 318 g/mol. The summed E-state index contributed by atoms with van der Waals surface area (Å²) in [6.45, 7) is 1.64. The van der Waals surface area contributed by atoms with E-state index in [0.29, 0.717) is 17.1 Å². The van der Waals surface area contributed by atoms with Crippen molar-refractivity contribution in [2.24, 2.45) is 0 Å². The fourth-order valence-electron chi connectivity index (χ4n) is 2.22. The highest BCUT2D eigenvalue weighted by molar-refractivity contribution is 7.89. The number of amides is 1. The number of sulfonamides is 1. The lowest BCUT2D eigenvalue weighted by Crippen LogP contribution is -2.28. The summed E-state index contributed by atoms with van der Waals surface area (Å²) in [5.74, 6) is 0.128. The summed E-state index contributed by atoms with van der Waals surface area (Å²) in [4.78, 5) is 15.5. The van der Waals surface area contributed by atoms with Gasteiger partial charge in [0.25, 0.3) is 5.91 Å². The Morgan fingerprint density at radius 2 is 2.13 bits per heavy atom. The van der Waals surface area contributed by atoms with E-state index in [4.69, 9.17) is 4.74 Å². The van der Waals surface area contributed by atoms with Crippen LogP contribution >= 0.6 is 0 Å². The minimum Gasteiger partial charge on any atom is -0.482 e. The van der Waals surface area contributed by atoms with E-state index in [0.717, 1.165) is 0 Å². The first kappa shape index (κ1) is 15.4. The summed E-state index contributed by atoms with van der Waals surface area (Å²) in [5, 5.41) is 2.59. The number of nitrogens with one attached hydrogen (secondary N) is 2. The zero-order chi connectivity index (χ0) is 16.4. The molecule has 3 rings (SSSR count). The number of aromatic nitrogens is 1. The van der Waals surface area contributed by atoms with Crippen LogP contribution < -0.4 is 14.8 Å². The van der Waals surface area contributed by atoms with Crippen molar-refractivity contribution < 1.29 is 17.9 Å². The standard InChI is InChI=1S/C15H15N3O4S/c1-10(12-4-2-3-7-16-12)18-23(20,21)11-5-6-14-13(8-11)17-15(19)9-22-14/h2-8,10,18H,9H2,1H3,(H,17,19)/t10-/m0/s1. The predicted molar refractivity (Wildman–Crippen MR) is 83.5 cm³/mol. The van der Waals surface area contributed by atoms with Crippen molar-refractivity contribution in [2.75, 3.05) is 11.9 Å². The first-order valence-corrected chi connectivity index (χ1v) is 8.44. The van der Waals surface area contributed by atoms with Crippen LogP contribution in [0.4, 0.5) is 5.69 Å². The Balaban J connectivity index is 1.85. The number of hydrogen-bond acceptors (Lipinski definition) is 5. The number of fused-ring (bicyclic) bond motifs is 1. The highest BCUT2D eigenvalue weighted by Gasteiger charge is 2.23. The van der Waals surface area contributed by atoms with Crippen molar-refractivity contribution in [3.05, 3.63) is 48.3 Å². The summed E-state index contributed by atoms with van der Waals surface area (Å²) < 4.78 is 32.8. The van der Waals surface area contributed by atoms with E-state index >= 15 is 0 Å². The lowest BCUT2D eigenvalue weighted by Gasteiger charge is -2.19. The molecule has 0 spiro atoms. The third-order valence-corrected chi connectivity index (χ3v) is 4.90. The maximum Gasteiger partial charge on any atom is 0.262 e. The molecule has 1 aromatic heterocycles. The summed E-state index contributed by atoms with van der Waals surface area (Å²) in [6, 6.07) is 9.14. The zero-order valence-corrected chi connectivity index (χ0v) is 13.1. The number of anilines is 1. The molecular formula is C15H15N3O4S. The number of hydrogen-bond donors (Lipinski definition) is 2. The molecule has 0 bridgehead atoms. The third kappa shape index (κ3) is 3.33. The Morgan fingerprint density at radius 3 is 2.87 bits per heavy atom. The molecule has 1 aliphatic rings. The first-order chi connectivity index (χ1) is 11.0. The summed E-state index contributed by atoms with van der Waals surface area (Å²) in [7, 11) is -3.76. The van der Waals surface area contributed by atoms with Crippen LogP contribution in [0.2, 0.25) is 0 Å². The second-order valence-corrected chi connectivity index (χ2v) is 6.81. The molecule has 0 saturated carbocycles. The largest absolute Gasteiger partial charge is 0.482 e. The Hall–Kier alpha value is -2.45. The molecule has 0 fully saturated rings. The highest BCUT2D eigenvalue weighted by atomic mass is 32.2. The van der Waals surface area contributed by atoms with Crippen LogP contribution in [0.15, 0.2) is 47.5 Å². The minimum absolute atomic E-state index is 0.0461. The van der Waals surface area contributed by atoms with Gasteiger partial charge in [-0.25, -0.2) is 13.1 Å². The van der Waals surface area contributed by atoms with Gasteiger partial charge in [-0.1, -0.05) is 6.07 Å². The van der Waals surface area contributed by atoms with E-state index in [1.54, 1.807) is 31.3 Å². The average molecular weight is 333 g/mol. The second-order valence-electron chi connectivity index (χ2n) is 5.09. The SMILES string of the molecule is C[C@H](NS(=O)(=O)c1ccc2c(c1)NC(=O)CO2)c1ccccn1. The van der Waals surface area contributed by atoms with Gasteiger partial charge in [-0.15, -0.1) is 0 Å². The van der Waals surface area contributed by atoms with Crippen molar-refractivity contribution in [1.29, 1.82) is 0 Å². The van der Waals surface area contributed by atoms with Gasteiger partial charge in [0.15, 0.2) is 6.61 Å². The van der Waals surface area contributed by atoms with Gasteiger partial charge in [-0.3, -0.25) is 9.78 Å². The van der Waals surface area contributed by atoms with Gasteiger partial charge >= 0.3 is 0 Å². The number of ether oxygens (including phenoxy) is 1. The van der Waals surface area contributed by atoms with E-state index in [1.165, 1.54) is 18.2 Å². The van der Waals surface area contributed by atoms with Crippen LogP contribution in [0.25, 0.3) is 0 Å². The van der Waals surface area contributed by atoms with Gasteiger partial charge in [0, 0.05) is 6.20 Å². The smallest absolute Gasteiger partial charge is 0.262 e. The summed E-state index contributed by atoms with van der Waals surface area (Å²) in [5.41, 5.74) is 0.959. The number of benzene rings is 1. The fourth-order valence-corrected chi connectivity index (χ4v) is 3.47. The van der Waals surface area contributed by atoms with E-state index in [2.05, 4.69) is 15.0 Å². The van der Waals surface area contributed by atoms with Crippen LogP contribution in [-0.4, -0.2) is 25.9 Å². The Morgan fingerprint density at radius 1 is 1.30 bits per heavy atom. The van der Waals surface area contributed by atoms with Crippen LogP contribution in [0.5, 0.6) is 5.75 Å². The predicted octanol–water partition coefficient (Wildman–Crippen LogP) is 1.45. The Kier molecular flexibility index (Phi) is 4.01. The third-order valence-electron chi connectivity index (χ3n) is 3.36. The molecule has 0 saturated heterocycles. The Labute approximate surface area is 133 Å². The van der Waals surface area contributed by atoms with Gasteiger partial charge < -0.3 is 10.1 Å². The molecule has 1 aliphatic heterocycles. The van der Waals surface area contributed by atoms with Crippen molar-refractivity contribution >= 4 is 21.6 Å². The van der Waals surface area contributed by atoms with E-state index < -0.39 is 16.1 Å². The zero-order valence-electron chi connectivity index (χ0n) is 12.3. The van der Waals surface area contributed by atoms with Gasteiger partial charge in [-0.2, -0.15) is 0 Å². The van der Waals surface area contributed by atoms with Gasteiger partial charge in [0.05, 0.1) is 22.3 Å². The minimum atomic E-state index is -3.76. The van der Waals surface area contributed by atoms with Gasteiger partial charge in [0.1, 0.15) is 5.75 Å². The number of nitrogens with zero attached hydrogens (tertiary/aromatic N) is 1. The molecule has 7 nitrogen and oxygen atoms in total. The lowest BCUT2D eigenvalue weighted by molar-refractivity contribution is -0.118. The molecule has 1 amide bonds. The van der Waals surface area contributed by atoms with Crippen molar-refractivity contribution in [3.63, 3.8) is 0 Å². The number of carbonyl (C=O) groups excluding carboxylic acids is 1. The number of pyridine rings is 1. The highest BCUT2D eigenvalue weighted by Crippen LogP contribution is 2.30. The summed E-state index contributed by atoms with van der Waals surface area (Å²) >= 11 is 0. The molecule has 0 aliphatic carbocycles. The number of rotatable bonds is 4. The normalized spacial score (nSPS) is 15.3. The fraction of sp³-hybridized carbons (Fsp3) is 0.200. The van der Waals surface area contributed by atoms with Crippen molar-refractivity contribution in [2.45, 2.75) is 17.9 Å². The van der Waals surface area contributed by atoms with E-state index in [1.807, 2.05) is 0 Å². The number of carbonyl (C=O) groups is 1. The lowest BCUT2D eigenvalue weighted by atomic mass is 10.2. The molecule has 1 atom stereocenters. The molecule has 120 valence electrons. The molecule has 0 unspecified atom stereocenters. The van der Waals surface area contributed by atoms with Crippen molar-refractivity contribution in [1.82, 2.24) is 9.71 Å². The Bertz CT molecular complexity index is 837. The second kappa shape index (κ2) is 5.98. The molecule has 2 heterocycles. The first-order valence-electron chi connectivity index (χ1n) is 6.96. The average Bonchev–Trinajstić information content (AvgIpc) is 2.54. The van der Waals surface area contributed by atoms with E-state index in [-0.39, 0.29) is 17.4 Å². The van der Waals surface area contributed by atoms with Crippen LogP contribution in [-0.2, 0) is 14.8 Å². The van der Waals surface area contributed by atoms with Crippen LogP contribution in [0.3, 0.4) is 0 Å². The van der Waals surface area contributed by atoms with Gasteiger partial charge in [0.2, 0.25) is 10.0 Å². The molecule has 2 aromatic rings. The van der Waals surface area contributed by atoms with Crippen LogP contribution in [0, 0.1) is 0 Å². The van der Waals surface area contributed by atoms with Gasteiger partial charge in [-0.05, 0) is 37.3 Å². The van der Waals surface area contributed by atoms with Crippen LogP contribution in [0.1, 0.15) is 18.7 Å². The molecule has 8 heteroatoms. The summed E-state index contributed by atoms with van der Waals surface area (Å²) in [6.07, 6.45) is 1.60. The molecule has 0 radical (unpaired) electrons.